The first-order chi connectivity index (χ1) is 12.8. The number of hydrogen-bond acceptors (Lipinski definition) is 4. The van der Waals surface area contributed by atoms with Crippen molar-refractivity contribution in [2.75, 3.05) is 32.7 Å². The Bertz CT molecular complexity index is 928. The van der Waals surface area contributed by atoms with Crippen LogP contribution >= 0.6 is 0 Å². The molecule has 0 saturated carbocycles. The number of nitrogens with zero attached hydrogens (tertiary/aromatic N) is 2. The molecule has 0 aliphatic carbocycles. The molecule has 0 aromatic heterocycles. The Balaban J connectivity index is 1.63. The monoisotopic (exact) mass is 386 g/mol. The van der Waals surface area contributed by atoms with E-state index in [0.717, 1.165) is 16.7 Å². The molecule has 1 fully saturated rings. The Morgan fingerprint density at radius 3 is 2.11 bits per heavy atom. The molecule has 3 rings (SSSR count). The summed E-state index contributed by atoms with van der Waals surface area (Å²) in [6.45, 7) is 7.94. The number of piperazine rings is 1. The molecule has 0 atom stereocenters. The van der Waals surface area contributed by atoms with E-state index in [1.165, 1.54) is 4.31 Å². The minimum Gasteiger partial charge on any atom is -0.293 e. The molecule has 1 aliphatic heterocycles. The van der Waals surface area contributed by atoms with Crippen molar-refractivity contribution in [3.8, 4) is 0 Å². The number of aryl methyl sites for hydroxylation is 3. The van der Waals surface area contributed by atoms with Gasteiger partial charge < -0.3 is 0 Å². The maximum Gasteiger partial charge on any atom is 0.243 e. The maximum absolute atomic E-state index is 13.0. The highest BCUT2D eigenvalue weighted by molar-refractivity contribution is 7.89. The van der Waals surface area contributed by atoms with Crippen molar-refractivity contribution in [1.29, 1.82) is 0 Å². The van der Waals surface area contributed by atoms with E-state index in [1.807, 2.05) is 62.1 Å². The van der Waals surface area contributed by atoms with Crippen molar-refractivity contribution in [2.45, 2.75) is 25.7 Å². The summed E-state index contributed by atoms with van der Waals surface area (Å²) in [7, 11) is -3.50. The van der Waals surface area contributed by atoms with Crippen LogP contribution in [-0.2, 0) is 10.0 Å². The number of carbonyl (C=O) groups is 1. The van der Waals surface area contributed by atoms with Crippen LogP contribution in [0.5, 0.6) is 0 Å². The first-order valence-electron chi connectivity index (χ1n) is 9.17. The standard InChI is InChI=1S/C21H26N2O3S/c1-16-5-8-19(9-6-16)20(24)15-22-10-12-23(13-11-22)27(25,26)21-14-17(2)4-7-18(21)3/h4-9,14H,10-13,15H2,1-3H3. The van der Waals surface area contributed by atoms with Gasteiger partial charge >= 0.3 is 0 Å². The normalized spacial score (nSPS) is 16.4. The zero-order valence-corrected chi connectivity index (χ0v) is 16.9. The lowest BCUT2D eigenvalue weighted by Crippen LogP contribution is -2.49. The van der Waals surface area contributed by atoms with Crippen LogP contribution < -0.4 is 0 Å². The first-order valence-corrected chi connectivity index (χ1v) is 10.6. The molecule has 5 nitrogen and oxygen atoms in total. The van der Waals surface area contributed by atoms with Crippen LogP contribution in [0.4, 0.5) is 0 Å². The first kappa shape index (κ1) is 19.7. The molecule has 1 saturated heterocycles. The number of rotatable bonds is 5. The topological polar surface area (TPSA) is 57.7 Å². The van der Waals surface area contributed by atoms with Crippen molar-refractivity contribution in [1.82, 2.24) is 9.21 Å². The molecule has 144 valence electrons. The van der Waals surface area contributed by atoms with Gasteiger partial charge in [-0.15, -0.1) is 0 Å². The van der Waals surface area contributed by atoms with Crippen molar-refractivity contribution < 1.29 is 13.2 Å². The lowest BCUT2D eigenvalue weighted by molar-refractivity contribution is 0.0901. The van der Waals surface area contributed by atoms with E-state index in [9.17, 15) is 13.2 Å². The van der Waals surface area contributed by atoms with Gasteiger partial charge in [0.25, 0.3) is 0 Å². The maximum atomic E-state index is 13.0. The second-order valence-electron chi connectivity index (χ2n) is 7.24. The third kappa shape index (κ3) is 4.46. The average molecular weight is 387 g/mol. The fourth-order valence-electron chi connectivity index (χ4n) is 3.29. The molecular formula is C21H26N2O3S. The molecule has 27 heavy (non-hydrogen) atoms. The molecular weight excluding hydrogens is 360 g/mol. The predicted molar refractivity (Wildman–Crippen MR) is 107 cm³/mol. The van der Waals surface area contributed by atoms with E-state index in [2.05, 4.69) is 0 Å². The van der Waals surface area contributed by atoms with E-state index in [1.54, 1.807) is 6.07 Å². The minimum absolute atomic E-state index is 0.0702. The molecule has 0 radical (unpaired) electrons. The number of sulfonamides is 1. The Kier molecular flexibility index (Phi) is 5.79. The average Bonchev–Trinajstić information content (AvgIpc) is 2.64. The van der Waals surface area contributed by atoms with Crippen molar-refractivity contribution in [2.24, 2.45) is 0 Å². The molecule has 0 amide bonds. The lowest BCUT2D eigenvalue weighted by Gasteiger charge is -2.33. The highest BCUT2D eigenvalue weighted by atomic mass is 32.2. The smallest absolute Gasteiger partial charge is 0.243 e. The van der Waals surface area contributed by atoms with Gasteiger partial charge in [0.05, 0.1) is 11.4 Å². The van der Waals surface area contributed by atoms with Crippen LogP contribution in [0, 0.1) is 20.8 Å². The lowest BCUT2D eigenvalue weighted by atomic mass is 10.1. The second kappa shape index (κ2) is 7.92. The van der Waals surface area contributed by atoms with Crippen LogP contribution in [0.3, 0.4) is 0 Å². The molecule has 2 aromatic rings. The molecule has 0 unspecified atom stereocenters. The van der Waals surface area contributed by atoms with Crippen molar-refractivity contribution in [3.63, 3.8) is 0 Å². The van der Waals surface area contributed by atoms with Gasteiger partial charge in [-0.05, 0) is 38.0 Å². The molecule has 6 heteroatoms. The Labute approximate surface area is 161 Å². The molecule has 0 spiro atoms. The summed E-state index contributed by atoms with van der Waals surface area (Å²) >= 11 is 0. The highest BCUT2D eigenvalue weighted by Crippen LogP contribution is 2.22. The van der Waals surface area contributed by atoms with Crippen molar-refractivity contribution in [3.05, 3.63) is 64.7 Å². The number of carbonyl (C=O) groups excluding carboxylic acids is 1. The highest BCUT2D eigenvalue weighted by Gasteiger charge is 2.30. The van der Waals surface area contributed by atoms with E-state index in [-0.39, 0.29) is 5.78 Å². The zero-order valence-electron chi connectivity index (χ0n) is 16.1. The summed E-state index contributed by atoms with van der Waals surface area (Å²) in [4.78, 5) is 14.8. The predicted octanol–water partition coefficient (Wildman–Crippen LogP) is 2.80. The van der Waals surface area contributed by atoms with Gasteiger partial charge in [0.15, 0.2) is 5.78 Å². The van der Waals surface area contributed by atoms with Gasteiger partial charge in [0, 0.05) is 31.7 Å². The van der Waals surface area contributed by atoms with Gasteiger partial charge in [0.1, 0.15) is 0 Å². The SMILES string of the molecule is Cc1ccc(C(=O)CN2CCN(S(=O)(=O)c3cc(C)ccc3C)CC2)cc1. The van der Waals surface area contributed by atoms with Crippen LogP contribution in [0.15, 0.2) is 47.4 Å². The van der Waals surface area contributed by atoms with Crippen LogP contribution in [0.1, 0.15) is 27.0 Å². The molecule has 0 bridgehead atoms. The summed E-state index contributed by atoms with van der Waals surface area (Å²) in [6.07, 6.45) is 0. The Hall–Kier alpha value is -2.02. The van der Waals surface area contributed by atoms with Crippen LogP contribution in [0.25, 0.3) is 0 Å². The number of benzene rings is 2. The summed E-state index contributed by atoms with van der Waals surface area (Å²) < 4.78 is 27.5. The molecule has 1 aliphatic rings. The van der Waals surface area contributed by atoms with E-state index in [0.29, 0.717) is 43.2 Å². The van der Waals surface area contributed by atoms with Gasteiger partial charge in [-0.3, -0.25) is 9.69 Å². The Morgan fingerprint density at radius 1 is 0.889 bits per heavy atom. The van der Waals surface area contributed by atoms with Crippen LogP contribution in [0.2, 0.25) is 0 Å². The summed E-state index contributed by atoms with van der Waals surface area (Å²) in [5.41, 5.74) is 3.52. The van der Waals surface area contributed by atoms with Gasteiger partial charge in [-0.25, -0.2) is 8.42 Å². The van der Waals surface area contributed by atoms with Gasteiger partial charge in [-0.1, -0.05) is 42.0 Å². The van der Waals surface area contributed by atoms with E-state index in [4.69, 9.17) is 0 Å². The fourth-order valence-corrected chi connectivity index (χ4v) is 5.02. The quantitative estimate of drug-likeness (QED) is 0.742. The molecule has 2 aromatic carbocycles. The van der Waals surface area contributed by atoms with Crippen molar-refractivity contribution >= 4 is 15.8 Å². The van der Waals surface area contributed by atoms with Gasteiger partial charge in [-0.2, -0.15) is 4.31 Å². The van der Waals surface area contributed by atoms with E-state index >= 15 is 0 Å². The number of hydrogen-bond donors (Lipinski definition) is 0. The summed E-state index contributed by atoms with van der Waals surface area (Å²) in [5.74, 6) is 0.0702. The minimum atomic E-state index is -3.50. The fraction of sp³-hybridized carbons (Fsp3) is 0.381. The summed E-state index contributed by atoms with van der Waals surface area (Å²) in [5, 5.41) is 0. The summed E-state index contributed by atoms with van der Waals surface area (Å²) in [6, 6.07) is 13.1. The largest absolute Gasteiger partial charge is 0.293 e. The molecule has 1 heterocycles. The van der Waals surface area contributed by atoms with Crippen LogP contribution in [-0.4, -0.2) is 56.1 Å². The second-order valence-corrected chi connectivity index (χ2v) is 9.14. The molecule has 0 N–H and O–H groups in total. The van der Waals surface area contributed by atoms with E-state index < -0.39 is 10.0 Å². The Morgan fingerprint density at radius 2 is 1.48 bits per heavy atom. The third-order valence-electron chi connectivity index (χ3n) is 5.03. The van der Waals surface area contributed by atoms with Gasteiger partial charge in [0.2, 0.25) is 10.0 Å². The zero-order chi connectivity index (χ0) is 19.6. The third-order valence-corrected chi connectivity index (χ3v) is 7.07. The number of Topliss-reactive ketones (excluding diaryl/α,β-unsaturated/α-hetero) is 1. The number of ketones is 1.